The lowest BCUT2D eigenvalue weighted by atomic mass is 9.92. The van der Waals surface area contributed by atoms with E-state index in [2.05, 4.69) is 44.6 Å². The number of aliphatic carboxylic acids is 6. The molecular weight excluding hydrogens is 957 g/mol. The fourth-order valence-electron chi connectivity index (χ4n) is 7.17. The molecule has 0 unspecified atom stereocenters. The third-order valence-corrected chi connectivity index (χ3v) is 11.0. The van der Waals surface area contributed by atoms with Crippen LogP contribution in [0.15, 0.2) is 37.1 Å². The third-order valence-electron chi connectivity index (χ3n) is 11.0. The molecule has 72 heavy (non-hydrogen) atoms. The largest absolute Gasteiger partial charge is 0.493 e. The average molecular weight is 1020 g/mol. The molecule has 2 amide bonds. The highest BCUT2D eigenvalue weighted by Gasteiger charge is 2.42. The van der Waals surface area contributed by atoms with Gasteiger partial charge in [-0.05, 0) is 41.8 Å². The number of hydrogen-bond acceptors (Lipinski definition) is 17. The number of nitrogens with one attached hydrogen (secondary N) is 2. The molecule has 2 saturated heterocycles. The van der Waals surface area contributed by atoms with Crippen LogP contribution in [-0.2, 0) is 38.4 Å². The van der Waals surface area contributed by atoms with Gasteiger partial charge >= 0.3 is 47.8 Å². The maximum atomic E-state index is 12.2. The number of aromatic amines is 2. The van der Waals surface area contributed by atoms with Crippen LogP contribution in [0.4, 0.5) is 16.4 Å². The Morgan fingerprint density at radius 1 is 0.708 bits per heavy atom. The summed E-state index contributed by atoms with van der Waals surface area (Å²) in [5, 5.41) is 71.3. The summed E-state index contributed by atoms with van der Waals surface area (Å²) in [6.07, 6.45) is -1.58. The number of carbonyl (C=O) groups is 8. The number of aromatic nitrogens is 6. The van der Waals surface area contributed by atoms with Gasteiger partial charge in [-0.15, -0.1) is 0 Å². The van der Waals surface area contributed by atoms with Crippen LogP contribution in [0.5, 0.6) is 0 Å². The van der Waals surface area contributed by atoms with Gasteiger partial charge in [0.15, 0.2) is 11.2 Å². The third kappa shape index (κ3) is 15.7. The topological polar surface area (TPSA) is 412 Å². The highest BCUT2D eigenvalue weighted by molar-refractivity contribution is 5.90. The van der Waals surface area contributed by atoms with Crippen molar-refractivity contribution in [3.63, 3.8) is 0 Å². The lowest BCUT2D eigenvalue weighted by Crippen LogP contribution is -2.53. The standard InChI is InChI=1S/C16H20N6O.C15H18N6O2.2C6H8O7/c1-11-5-7-22(14(23)8-17-2)9-13(11)21(3)16-12-4-6-18-15(12)19-10-20-16;1-10-5-7-21(15(22)23-16-2)8-12(10)20(3)14-11-4-6-17-13(11)18-9-19-14;2*7-3(8)1-6(13,5(11)12)2-4(9)10/h4,6,10-11,13H,5,7-9H2,1,3H3,(H,18,19,20);4,6,9-10,12H,5,7-8H2,1,3H3,(H,17,18,19);2*13H,1-2H2,(H,7,8)(H,9,10)(H,11,12)/t11-,13+;10-,12+;;/m11../s1/i3D3,10D;3D3,9D;;. The summed E-state index contributed by atoms with van der Waals surface area (Å²) in [6, 6.07) is 2.21. The zero-order valence-electron chi connectivity index (χ0n) is 46.1. The second-order valence-electron chi connectivity index (χ2n) is 16.2. The number of hydrogen-bond donors (Lipinski definition) is 10. The summed E-state index contributed by atoms with van der Waals surface area (Å²) < 4.78 is 64.0. The molecule has 0 spiro atoms. The molecule has 29 nitrogen and oxygen atoms in total. The molecule has 10 N–H and O–H groups in total. The fourth-order valence-corrected chi connectivity index (χ4v) is 7.17. The molecule has 0 aromatic carbocycles. The van der Waals surface area contributed by atoms with Crippen LogP contribution in [0.1, 0.15) is 63.3 Å². The number of likely N-dealkylation sites (N-methyl/N-ethyl adjacent to an activating group) is 2. The molecule has 29 heteroatoms. The summed E-state index contributed by atoms with van der Waals surface area (Å²) >= 11 is 0. The maximum absolute atomic E-state index is 12.2. The number of anilines is 2. The number of rotatable bonds is 15. The quantitative estimate of drug-likeness (QED) is 0.0589. The summed E-state index contributed by atoms with van der Waals surface area (Å²) in [7, 11) is 0. The lowest BCUT2D eigenvalue weighted by Gasteiger charge is -2.41. The predicted molar refractivity (Wildman–Crippen MR) is 247 cm³/mol. The van der Waals surface area contributed by atoms with E-state index < -0.39 is 105 Å². The smallest absolute Gasteiger partial charge is 0.481 e. The minimum atomic E-state index is -2.74. The number of carbonyl (C=O) groups excluding carboxylic acids is 2. The highest BCUT2D eigenvalue weighted by Crippen LogP contribution is 2.30. The number of likely N-dealkylation sites (tertiary alicyclic amines) is 2. The van der Waals surface area contributed by atoms with Gasteiger partial charge in [0.05, 0.1) is 48.5 Å². The monoisotopic (exact) mass is 1020 g/mol. The van der Waals surface area contributed by atoms with Crippen LogP contribution in [0, 0.1) is 25.0 Å². The second-order valence-corrected chi connectivity index (χ2v) is 16.2. The van der Waals surface area contributed by atoms with Crippen LogP contribution >= 0.6 is 0 Å². The van der Waals surface area contributed by atoms with E-state index in [1.807, 2.05) is 13.8 Å². The normalized spacial score (nSPS) is 19.4. The second kappa shape index (κ2) is 25.8. The van der Waals surface area contributed by atoms with Crippen molar-refractivity contribution in [3.05, 3.63) is 60.1 Å². The van der Waals surface area contributed by atoms with E-state index in [1.165, 1.54) is 14.7 Å². The molecular formula is C43H54N12O17. The number of amides is 2. The van der Waals surface area contributed by atoms with Gasteiger partial charge in [0.2, 0.25) is 0 Å². The number of carboxylic acids is 6. The van der Waals surface area contributed by atoms with Crippen LogP contribution in [0.25, 0.3) is 31.9 Å². The number of piperidine rings is 2. The Morgan fingerprint density at radius 3 is 1.44 bits per heavy atom. The summed E-state index contributed by atoms with van der Waals surface area (Å²) in [4.78, 5) is 120. The number of carboxylic acid groups (broad SMARTS) is 6. The van der Waals surface area contributed by atoms with E-state index in [4.69, 9.17) is 65.0 Å². The number of fused-ring (bicyclic) bond motifs is 2. The molecule has 0 bridgehead atoms. The molecule has 0 aliphatic carbocycles. The van der Waals surface area contributed by atoms with Gasteiger partial charge in [0, 0.05) is 60.7 Å². The van der Waals surface area contributed by atoms with Crippen LogP contribution in [0.3, 0.4) is 0 Å². The summed E-state index contributed by atoms with van der Waals surface area (Å²) in [5.74, 6) is -10.2. The van der Waals surface area contributed by atoms with Crippen molar-refractivity contribution in [2.75, 3.05) is 56.5 Å². The minimum Gasteiger partial charge on any atom is -0.481 e. The van der Waals surface area contributed by atoms with Gasteiger partial charge in [-0.25, -0.2) is 40.9 Å². The molecule has 6 rings (SSSR count). The van der Waals surface area contributed by atoms with E-state index in [-0.39, 0.29) is 61.6 Å². The lowest BCUT2D eigenvalue weighted by molar-refractivity contribution is -0.170. The summed E-state index contributed by atoms with van der Waals surface area (Å²) in [6.45, 7) is 13.2. The van der Waals surface area contributed by atoms with Gasteiger partial charge < -0.3 is 70.4 Å². The SMILES string of the molecule is O=C(O)CC(O)(CC(=O)O)C(=O)O.O=C(O)CC(O)(CC(=O)O)C(=O)O.[2H]c1nc(N([C@H]2CN(C(=O)C[N+]#[C-])CC[C@H]2C)C([2H])([2H])[2H])c2cc[nH]c2n1.[2H]c1nc(N([C@H]2CN(C(=O)O[N+]#[C-])CC[C@H]2C)C([2H])([2H])[2H])c2cc[nH]c2n1. The Morgan fingerprint density at radius 2 is 1.10 bits per heavy atom. The van der Waals surface area contributed by atoms with Crippen molar-refractivity contribution in [1.29, 1.82) is 0 Å². The predicted octanol–water partition coefficient (Wildman–Crippen LogP) is 1.13. The average Bonchev–Trinajstić information content (AvgIpc) is 3.99. The first-order valence-corrected chi connectivity index (χ1v) is 20.9. The van der Waals surface area contributed by atoms with Crippen molar-refractivity contribution in [1.82, 2.24) is 39.7 Å². The minimum absolute atomic E-state index is 0.0134. The number of H-pyrrole nitrogens is 2. The van der Waals surface area contributed by atoms with Crippen molar-refractivity contribution >= 4 is 81.5 Å². The van der Waals surface area contributed by atoms with E-state index in [0.717, 1.165) is 0 Å². The Bertz CT molecular complexity index is 2790. The summed E-state index contributed by atoms with van der Waals surface area (Å²) in [5.41, 5.74) is -4.72. The van der Waals surface area contributed by atoms with E-state index >= 15 is 0 Å². The Labute approximate surface area is 420 Å². The molecule has 6 heterocycles. The Balaban J connectivity index is 0.000000298. The molecule has 0 saturated carbocycles. The van der Waals surface area contributed by atoms with Crippen LogP contribution in [-0.4, -0.2) is 198 Å². The molecule has 4 aromatic heterocycles. The molecule has 4 aromatic rings. The van der Waals surface area contributed by atoms with Crippen molar-refractivity contribution in [2.45, 2.75) is 75.7 Å². The van der Waals surface area contributed by atoms with Crippen molar-refractivity contribution in [2.24, 2.45) is 11.8 Å². The zero-order chi connectivity index (χ0) is 60.8. The molecule has 388 valence electrons. The molecule has 0 radical (unpaired) electrons. The van der Waals surface area contributed by atoms with E-state index in [1.54, 1.807) is 29.4 Å². The van der Waals surface area contributed by atoms with Crippen LogP contribution < -0.4 is 9.80 Å². The first kappa shape index (κ1) is 45.7. The first-order valence-electron chi connectivity index (χ1n) is 24.9. The highest BCUT2D eigenvalue weighted by atomic mass is 16.7. The maximum Gasteiger partial charge on any atom is 0.493 e. The van der Waals surface area contributed by atoms with E-state index in [0.29, 0.717) is 48.0 Å². The van der Waals surface area contributed by atoms with Crippen molar-refractivity contribution in [3.8, 4) is 0 Å². The van der Waals surface area contributed by atoms with Gasteiger partial charge in [-0.3, -0.25) is 28.9 Å². The van der Waals surface area contributed by atoms with Gasteiger partial charge in [-0.2, -0.15) is 6.57 Å². The number of aliphatic hydroxyl groups is 2. The van der Waals surface area contributed by atoms with Gasteiger partial charge in [0.1, 0.15) is 38.3 Å². The Hall–Kier alpha value is -8.70. The molecule has 4 atom stereocenters. The van der Waals surface area contributed by atoms with Crippen molar-refractivity contribution < 1.29 is 95.0 Å². The first-order chi connectivity index (χ1) is 37.0. The van der Waals surface area contributed by atoms with E-state index in [9.17, 15) is 38.4 Å². The number of nitrogens with zero attached hydrogens (tertiary/aromatic N) is 10. The Kier molecular flexibility index (Phi) is 16.4. The molecule has 2 aliphatic heterocycles. The molecule has 2 aliphatic rings. The molecule has 2 fully saturated rings. The van der Waals surface area contributed by atoms with Crippen LogP contribution in [0.2, 0.25) is 0 Å². The van der Waals surface area contributed by atoms with Gasteiger partial charge in [-0.1, -0.05) is 18.7 Å². The van der Waals surface area contributed by atoms with Gasteiger partial charge in [0.25, 0.3) is 6.54 Å². The zero-order valence-corrected chi connectivity index (χ0v) is 38.1. The fraction of sp³-hybridized carbons (Fsp3) is 0.488.